The van der Waals surface area contributed by atoms with Gasteiger partial charge in [-0.05, 0) is 42.5 Å². The predicted octanol–water partition coefficient (Wildman–Crippen LogP) is 2.48. The Bertz CT molecular complexity index is 817. The Balaban J connectivity index is 1.87. The van der Waals surface area contributed by atoms with Crippen molar-refractivity contribution in [2.45, 2.75) is 0 Å². The zero-order valence-electron chi connectivity index (χ0n) is 15.2. The van der Waals surface area contributed by atoms with Crippen LogP contribution in [0.1, 0.15) is 15.9 Å². The summed E-state index contributed by atoms with van der Waals surface area (Å²) in [6.07, 6.45) is 1.43. The molecular weight excluding hydrogens is 352 g/mol. The molecule has 0 aliphatic carbocycles. The smallest absolute Gasteiger partial charge is 0.337 e. The van der Waals surface area contributed by atoms with Crippen molar-refractivity contribution in [3.05, 3.63) is 53.6 Å². The lowest BCUT2D eigenvalue weighted by Gasteiger charge is -2.07. The van der Waals surface area contributed by atoms with Gasteiger partial charge in [0.25, 0.3) is 5.91 Å². The zero-order valence-corrected chi connectivity index (χ0v) is 15.2. The lowest BCUT2D eigenvalue weighted by Crippen LogP contribution is -2.17. The number of rotatable bonds is 8. The molecule has 2 aromatic carbocycles. The van der Waals surface area contributed by atoms with Crippen LogP contribution in [0.3, 0.4) is 0 Å². The number of nitrogens with zero attached hydrogens (tertiary/aromatic N) is 1. The number of hydrogen-bond acceptors (Lipinski definition) is 7. The van der Waals surface area contributed by atoms with E-state index in [0.29, 0.717) is 28.3 Å². The van der Waals surface area contributed by atoms with Gasteiger partial charge in [0, 0.05) is 11.3 Å². The van der Waals surface area contributed by atoms with E-state index in [2.05, 4.69) is 15.2 Å². The highest BCUT2D eigenvalue weighted by Crippen LogP contribution is 2.22. The normalized spacial score (nSPS) is 10.3. The topological polar surface area (TPSA) is 95.5 Å². The van der Waals surface area contributed by atoms with Crippen molar-refractivity contribution in [3.63, 3.8) is 0 Å². The Labute approximate surface area is 156 Å². The fourth-order valence-electron chi connectivity index (χ4n) is 2.13. The fourth-order valence-corrected chi connectivity index (χ4v) is 2.13. The Morgan fingerprint density at radius 1 is 1.04 bits per heavy atom. The minimum Gasteiger partial charge on any atom is -0.497 e. The Kier molecular flexibility index (Phi) is 7.18. The fraction of sp³-hybridized carbons (Fsp3) is 0.211. The van der Waals surface area contributed by atoms with Gasteiger partial charge in [0.1, 0.15) is 11.5 Å². The Hall–Kier alpha value is -3.55. The maximum Gasteiger partial charge on any atom is 0.337 e. The van der Waals surface area contributed by atoms with Crippen LogP contribution in [0.2, 0.25) is 0 Å². The molecule has 8 heteroatoms. The van der Waals surface area contributed by atoms with Gasteiger partial charge in [0.05, 0.1) is 33.1 Å². The predicted molar refractivity (Wildman–Crippen MR) is 99.5 cm³/mol. The van der Waals surface area contributed by atoms with Gasteiger partial charge in [-0.15, -0.1) is 0 Å². The molecule has 0 bridgehead atoms. The van der Waals surface area contributed by atoms with Crippen molar-refractivity contribution in [1.82, 2.24) is 0 Å². The molecular formula is C19H20N2O6. The minimum absolute atomic E-state index is 0.276. The van der Waals surface area contributed by atoms with E-state index < -0.39 is 11.9 Å². The third-order valence-electron chi connectivity index (χ3n) is 3.49. The number of benzene rings is 2. The number of esters is 1. The number of ether oxygens (including phenoxy) is 3. The molecule has 0 fully saturated rings. The average molecular weight is 372 g/mol. The summed E-state index contributed by atoms with van der Waals surface area (Å²) < 4.78 is 15.0. The van der Waals surface area contributed by atoms with E-state index in [-0.39, 0.29) is 6.61 Å². The first kappa shape index (κ1) is 19.8. The molecule has 0 radical (unpaired) electrons. The van der Waals surface area contributed by atoms with Gasteiger partial charge in [-0.2, -0.15) is 0 Å². The quantitative estimate of drug-likeness (QED) is 0.434. The molecule has 0 aliphatic heterocycles. The number of anilines is 1. The van der Waals surface area contributed by atoms with Crippen LogP contribution in [0.25, 0.3) is 0 Å². The molecule has 27 heavy (non-hydrogen) atoms. The van der Waals surface area contributed by atoms with Gasteiger partial charge < -0.3 is 24.4 Å². The van der Waals surface area contributed by atoms with Crippen molar-refractivity contribution < 1.29 is 28.6 Å². The first-order valence-electron chi connectivity index (χ1n) is 7.93. The first-order chi connectivity index (χ1) is 13.1. The molecule has 0 aromatic heterocycles. The van der Waals surface area contributed by atoms with E-state index in [1.165, 1.54) is 13.3 Å². The number of nitrogens with one attached hydrogen (secondary N) is 1. The summed E-state index contributed by atoms with van der Waals surface area (Å²) in [6, 6.07) is 11.5. The average Bonchev–Trinajstić information content (AvgIpc) is 2.71. The Morgan fingerprint density at radius 3 is 2.41 bits per heavy atom. The van der Waals surface area contributed by atoms with E-state index in [1.807, 2.05) is 0 Å². The van der Waals surface area contributed by atoms with Crippen molar-refractivity contribution in [2.24, 2.45) is 5.16 Å². The molecule has 1 amide bonds. The van der Waals surface area contributed by atoms with Crippen LogP contribution in [0, 0.1) is 0 Å². The Morgan fingerprint density at radius 2 is 1.78 bits per heavy atom. The van der Waals surface area contributed by atoms with Crippen LogP contribution in [0.4, 0.5) is 5.69 Å². The molecule has 1 N–H and O–H groups in total. The lowest BCUT2D eigenvalue weighted by molar-refractivity contribution is -0.120. The van der Waals surface area contributed by atoms with Crippen LogP contribution >= 0.6 is 0 Å². The number of methoxy groups -OCH3 is 3. The van der Waals surface area contributed by atoms with Crippen LogP contribution in [0.5, 0.6) is 11.5 Å². The van der Waals surface area contributed by atoms with Crippen LogP contribution in [-0.2, 0) is 14.4 Å². The van der Waals surface area contributed by atoms with Crippen LogP contribution in [0.15, 0.2) is 47.6 Å². The summed E-state index contributed by atoms with van der Waals surface area (Å²) in [7, 11) is 4.40. The van der Waals surface area contributed by atoms with Crippen LogP contribution < -0.4 is 14.8 Å². The molecule has 0 spiro atoms. The molecule has 142 valence electrons. The number of carbonyl (C=O) groups excluding carboxylic acids is 2. The van der Waals surface area contributed by atoms with Crippen LogP contribution in [-0.4, -0.2) is 46.0 Å². The molecule has 8 nitrogen and oxygen atoms in total. The minimum atomic E-state index is -0.446. The van der Waals surface area contributed by atoms with Crippen molar-refractivity contribution in [3.8, 4) is 11.5 Å². The zero-order chi connectivity index (χ0) is 19.6. The van der Waals surface area contributed by atoms with Gasteiger partial charge in [-0.1, -0.05) is 5.16 Å². The van der Waals surface area contributed by atoms with E-state index in [1.54, 1.807) is 56.7 Å². The molecule has 0 heterocycles. The molecule has 2 aromatic rings. The molecule has 0 saturated heterocycles. The number of oxime groups is 1. The summed E-state index contributed by atoms with van der Waals surface area (Å²) in [5.41, 5.74) is 1.56. The lowest BCUT2D eigenvalue weighted by atomic mass is 10.2. The molecule has 0 saturated carbocycles. The summed E-state index contributed by atoms with van der Waals surface area (Å²) in [6.45, 7) is -0.276. The second-order valence-corrected chi connectivity index (χ2v) is 5.23. The monoisotopic (exact) mass is 372 g/mol. The van der Waals surface area contributed by atoms with Gasteiger partial charge in [-0.25, -0.2) is 4.79 Å². The second-order valence-electron chi connectivity index (χ2n) is 5.23. The number of hydrogen-bond donors (Lipinski definition) is 1. The standard InChI is InChI=1S/C19H20N2O6/c1-24-16-8-9-17(25-2)14(10-16)11-20-27-12-18(22)21-15-6-4-13(5-7-15)19(23)26-3/h4-11H,12H2,1-3H3,(H,21,22)/b20-11-. The molecule has 0 atom stereocenters. The number of carbonyl (C=O) groups is 2. The van der Waals surface area contributed by atoms with Crippen molar-refractivity contribution in [2.75, 3.05) is 33.3 Å². The van der Waals surface area contributed by atoms with Gasteiger partial charge in [0.15, 0.2) is 6.61 Å². The molecule has 0 unspecified atom stereocenters. The number of amides is 1. The summed E-state index contributed by atoms with van der Waals surface area (Å²) in [5, 5.41) is 6.40. The summed E-state index contributed by atoms with van der Waals surface area (Å²) >= 11 is 0. The van der Waals surface area contributed by atoms with Gasteiger partial charge >= 0.3 is 5.97 Å². The highest BCUT2D eigenvalue weighted by Gasteiger charge is 2.07. The molecule has 2 rings (SSSR count). The third-order valence-corrected chi connectivity index (χ3v) is 3.49. The highest BCUT2D eigenvalue weighted by molar-refractivity contribution is 5.93. The largest absolute Gasteiger partial charge is 0.497 e. The van der Waals surface area contributed by atoms with E-state index in [9.17, 15) is 9.59 Å². The summed E-state index contributed by atoms with van der Waals surface area (Å²) in [4.78, 5) is 28.2. The first-order valence-corrected chi connectivity index (χ1v) is 7.93. The SMILES string of the molecule is COC(=O)c1ccc(NC(=O)CO/N=C\c2cc(OC)ccc2OC)cc1. The van der Waals surface area contributed by atoms with E-state index in [0.717, 1.165) is 0 Å². The maximum atomic E-state index is 11.9. The van der Waals surface area contributed by atoms with Gasteiger partial charge in [0.2, 0.25) is 0 Å². The second kappa shape index (κ2) is 9.81. The summed E-state index contributed by atoms with van der Waals surface area (Å²) in [5.74, 6) is 0.401. The van der Waals surface area contributed by atoms with Crippen molar-refractivity contribution in [1.29, 1.82) is 0 Å². The van der Waals surface area contributed by atoms with E-state index in [4.69, 9.17) is 14.3 Å². The maximum absolute atomic E-state index is 11.9. The highest BCUT2D eigenvalue weighted by atomic mass is 16.6. The molecule has 0 aliphatic rings. The van der Waals surface area contributed by atoms with E-state index >= 15 is 0 Å². The van der Waals surface area contributed by atoms with Crippen molar-refractivity contribution >= 4 is 23.8 Å². The van der Waals surface area contributed by atoms with Gasteiger partial charge in [-0.3, -0.25) is 4.79 Å². The third kappa shape index (κ3) is 5.74.